The van der Waals surface area contributed by atoms with Crippen molar-refractivity contribution in [2.75, 3.05) is 29.9 Å². The molecule has 1 aliphatic heterocycles. The van der Waals surface area contributed by atoms with Crippen molar-refractivity contribution in [1.29, 1.82) is 5.26 Å². The largest absolute Gasteiger partial charge is 0.484 e. The minimum absolute atomic E-state index is 0.118. The van der Waals surface area contributed by atoms with E-state index in [0.29, 0.717) is 30.1 Å². The minimum atomic E-state index is -0.295. The molecule has 7 heteroatoms. The number of nitriles is 1. The molecule has 0 radical (unpaired) electrons. The zero-order valence-electron chi connectivity index (χ0n) is 13.4. The van der Waals surface area contributed by atoms with Gasteiger partial charge in [-0.25, -0.2) is 4.79 Å². The Kier molecular flexibility index (Phi) is 4.81. The highest BCUT2D eigenvalue weighted by Crippen LogP contribution is 2.19. The number of anilines is 2. The summed E-state index contributed by atoms with van der Waals surface area (Å²) in [7, 11) is 0. The molecule has 1 saturated heterocycles. The predicted octanol–water partition coefficient (Wildman–Crippen LogP) is 2.11. The number of nitrogens with zero attached hydrogens (tertiary/aromatic N) is 2. The molecule has 0 spiro atoms. The first-order valence-corrected chi connectivity index (χ1v) is 7.74. The molecule has 126 valence electrons. The molecule has 7 nitrogen and oxygen atoms in total. The quantitative estimate of drug-likeness (QED) is 0.874. The topological polar surface area (TPSA) is 94.5 Å². The van der Waals surface area contributed by atoms with Crippen LogP contribution < -0.4 is 20.3 Å². The van der Waals surface area contributed by atoms with Crippen molar-refractivity contribution in [1.82, 2.24) is 5.32 Å². The molecule has 0 bridgehead atoms. The molecule has 0 unspecified atom stereocenters. The maximum Gasteiger partial charge on any atom is 0.321 e. The molecule has 1 aliphatic rings. The number of amides is 3. The lowest BCUT2D eigenvalue weighted by Crippen LogP contribution is -2.27. The van der Waals surface area contributed by atoms with E-state index in [1.165, 1.54) is 0 Å². The molecule has 25 heavy (non-hydrogen) atoms. The Morgan fingerprint density at radius 2 is 1.92 bits per heavy atom. The molecule has 0 saturated carbocycles. The van der Waals surface area contributed by atoms with Gasteiger partial charge < -0.3 is 15.4 Å². The Morgan fingerprint density at radius 1 is 1.20 bits per heavy atom. The third-order valence-electron chi connectivity index (χ3n) is 3.67. The Balaban J connectivity index is 1.52. The van der Waals surface area contributed by atoms with Gasteiger partial charge in [0.15, 0.2) is 6.61 Å². The summed E-state index contributed by atoms with van der Waals surface area (Å²) in [6, 6.07) is 15.5. The van der Waals surface area contributed by atoms with E-state index in [1.807, 2.05) is 6.07 Å². The third kappa shape index (κ3) is 4.06. The fourth-order valence-corrected chi connectivity index (χ4v) is 2.41. The normalized spacial score (nSPS) is 13.1. The average Bonchev–Trinajstić information content (AvgIpc) is 3.07. The van der Waals surface area contributed by atoms with Gasteiger partial charge in [-0.15, -0.1) is 0 Å². The molecule has 1 heterocycles. The summed E-state index contributed by atoms with van der Waals surface area (Å²) < 4.78 is 5.38. The molecular weight excluding hydrogens is 320 g/mol. The van der Waals surface area contributed by atoms with E-state index in [9.17, 15) is 9.59 Å². The van der Waals surface area contributed by atoms with Gasteiger partial charge in [0.25, 0.3) is 5.91 Å². The van der Waals surface area contributed by atoms with E-state index < -0.39 is 0 Å². The summed E-state index contributed by atoms with van der Waals surface area (Å²) in [5, 5.41) is 14.2. The van der Waals surface area contributed by atoms with Crippen LogP contribution in [0.3, 0.4) is 0 Å². The Morgan fingerprint density at radius 3 is 2.52 bits per heavy atom. The van der Waals surface area contributed by atoms with E-state index >= 15 is 0 Å². The van der Waals surface area contributed by atoms with Crippen LogP contribution in [0.15, 0.2) is 48.5 Å². The zero-order valence-corrected chi connectivity index (χ0v) is 13.4. The fraction of sp³-hybridized carbons (Fsp3) is 0.167. The summed E-state index contributed by atoms with van der Waals surface area (Å²) in [4.78, 5) is 25.2. The summed E-state index contributed by atoms with van der Waals surface area (Å²) in [6.07, 6.45) is 0. The van der Waals surface area contributed by atoms with Gasteiger partial charge in [0.2, 0.25) is 0 Å². The Hall–Kier alpha value is -3.53. The molecule has 0 aromatic heterocycles. The predicted molar refractivity (Wildman–Crippen MR) is 92.5 cm³/mol. The smallest absolute Gasteiger partial charge is 0.321 e. The molecule has 0 atom stereocenters. The Labute approximate surface area is 144 Å². The lowest BCUT2D eigenvalue weighted by atomic mass is 10.2. The van der Waals surface area contributed by atoms with Crippen molar-refractivity contribution < 1.29 is 14.3 Å². The number of hydrogen-bond acceptors (Lipinski definition) is 4. The maximum absolute atomic E-state index is 11.9. The number of hydrogen-bond donors (Lipinski definition) is 2. The minimum Gasteiger partial charge on any atom is -0.484 e. The number of rotatable bonds is 5. The standard InChI is InChI=1S/C18H16N4O3/c19-11-13-1-7-16(8-2-13)25-12-17(23)21-14-3-5-15(6-4-14)22-10-9-20-18(22)24/h1-8H,9-10,12H2,(H,20,24)(H,21,23). The second kappa shape index (κ2) is 7.36. The van der Waals surface area contributed by atoms with Gasteiger partial charge in [-0.2, -0.15) is 5.26 Å². The number of benzene rings is 2. The van der Waals surface area contributed by atoms with Crippen molar-refractivity contribution in [2.45, 2.75) is 0 Å². The van der Waals surface area contributed by atoms with Gasteiger partial charge in [-0.05, 0) is 48.5 Å². The number of ether oxygens (including phenoxy) is 1. The highest BCUT2D eigenvalue weighted by atomic mass is 16.5. The van der Waals surface area contributed by atoms with Crippen molar-refractivity contribution in [3.05, 3.63) is 54.1 Å². The van der Waals surface area contributed by atoms with Crippen LogP contribution in [-0.4, -0.2) is 31.6 Å². The van der Waals surface area contributed by atoms with Crippen molar-refractivity contribution >= 4 is 23.3 Å². The van der Waals surface area contributed by atoms with E-state index in [1.54, 1.807) is 53.4 Å². The number of carbonyl (C=O) groups is 2. The van der Waals surface area contributed by atoms with Gasteiger partial charge in [0.1, 0.15) is 5.75 Å². The maximum atomic E-state index is 11.9. The van der Waals surface area contributed by atoms with Crippen LogP contribution in [-0.2, 0) is 4.79 Å². The summed E-state index contributed by atoms with van der Waals surface area (Å²) in [5.41, 5.74) is 1.93. The first kappa shape index (κ1) is 16.3. The first-order chi connectivity index (χ1) is 12.2. The number of nitrogens with one attached hydrogen (secondary N) is 2. The molecular formula is C18H16N4O3. The monoisotopic (exact) mass is 336 g/mol. The second-order valence-electron chi connectivity index (χ2n) is 5.40. The summed E-state index contributed by atoms with van der Waals surface area (Å²) >= 11 is 0. The van der Waals surface area contributed by atoms with Crippen molar-refractivity contribution in [3.8, 4) is 11.8 Å². The zero-order chi connectivity index (χ0) is 17.6. The second-order valence-corrected chi connectivity index (χ2v) is 5.40. The van der Waals surface area contributed by atoms with Gasteiger partial charge in [-0.1, -0.05) is 0 Å². The molecule has 0 aliphatic carbocycles. The molecule has 3 rings (SSSR count). The number of urea groups is 1. The van der Waals surface area contributed by atoms with Crippen LogP contribution in [0, 0.1) is 11.3 Å². The third-order valence-corrected chi connectivity index (χ3v) is 3.67. The van der Waals surface area contributed by atoms with Crippen LogP contribution in [0.4, 0.5) is 16.2 Å². The van der Waals surface area contributed by atoms with Crippen LogP contribution in [0.25, 0.3) is 0 Å². The van der Waals surface area contributed by atoms with E-state index in [0.717, 1.165) is 5.69 Å². The van der Waals surface area contributed by atoms with Gasteiger partial charge in [0.05, 0.1) is 11.6 Å². The van der Waals surface area contributed by atoms with Gasteiger partial charge in [-0.3, -0.25) is 9.69 Å². The molecule has 2 N–H and O–H groups in total. The van der Waals surface area contributed by atoms with Crippen LogP contribution in [0.5, 0.6) is 5.75 Å². The molecule has 3 amide bonds. The SMILES string of the molecule is N#Cc1ccc(OCC(=O)Nc2ccc(N3CCNC3=O)cc2)cc1. The summed E-state index contributed by atoms with van der Waals surface area (Å²) in [5.74, 6) is 0.223. The van der Waals surface area contributed by atoms with Crippen molar-refractivity contribution in [3.63, 3.8) is 0 Å². The lowest BCUT2D eigenvalue weighted by molar-refractivity contribution is -0.118. The van der Waals surface area contributed by atoms with E-state index in [-0.39, 0.29) is 18.5 Å². The fourth-order valence-electron chi connectivity index (χ4n) is 2.41. The molecule has 2 aromatic rings. The molecule has 1 fully saturated rings. The van der Waals surface area contributed by atoms with E-state index in [4.69, 9.17) is 10.00 Å². The summed E-state index contributed by atoms with van der Waals surface area (Å²) in [6.45, 7) is 1.12. The highest BCUT2D eigenvalue weighted by molar-refractivity contribution is 5.95. The van der Waals surface area contributed by atoms with Crippen LogP contribution in [0.2, 0.25) is 0 Å². The lowest BCUT2D eigenvalue weighted by Gasteiger charge is -2.14. The Bertz CT molecular complexity index is 810. The molecule has 2 aromatic carbocycles. The average molecular weight is 336 g/mol. The van der Waals surface area contributed by atoms with Crippen LogP contribution in [0.1, 0.15) is 5.56 Å². The highest BCUT2D eigenvalue weighted by Gasteiger charge is 2.20. The van der Waals surface area contributed by atoms with Gasteiger partial charge >= 0.3 is 6.03 Å². The van der Waals surface area contributed by atoms with Gasteiger partial charge in [0, 0.05) is 24.5 Å². The van der Waals surface area contributed by atoms with Crippen molar-refractivity contribution in [2.24, 2.45) is 0 Å². The number of carbonyl (C=O) groups excluding carboxylic acids is 2. The van der Waals surface area contributed by atoms with E-state index in [2.05, 4.69) is 10.6 Å². The first-order valence-electron chi connectivity index (χ1n) is 7.74. The van der Waals surface area contributed by atoms with Crippen LogP contribution >= 0.6 is 0 Å².